The van der Waals surface area contributed by atoms with Gasteiger partial charge in [-0.05, 0) is 61.2 Å². The zero-order valence-electron chi connectivity index (χ0n) is 18.1. The first-order chi connectivity index (χ1) is 13.5. The minimum absolute atomic E-state index is 0.0783. The molecule has 5 nitrogen and oxygen atoms in total. The summed E-state index contributed by atoms with van der Waals surface area (Å²) in [6.07, 6.45) is 11.5. The number of rotatable bonds is 5. The summed E-state index contributed by atoms with van der Waals surface area (Å²) >= 11 is 0. The predicted octanol–water partition coefficient (Wildman–Crippen LogP) is 4.33. The highest BCUT2D eigenvalue weighted by Gasteiger charge is 2.66. The third kappa shape index (κ3) is 3.24. The maximum absolute atomic E-state index is 12.1. The molecule has 7 atom stereocenters. The van der Waals surface area contributed by atoms with Crippen molar-refractivity contribution in [3.63, 3.8) is 0 Å². The maximum atomic E-state index is 12.1. The zero-order chi connectivity index (χ0) is 21.1. The van der Waals surface area contributed by atoms with Crippen molar-refractivity contribution in [1.82, 2.24) is 0 Å². The van der Waals surface area contributed by atoms with Crippen LogP contribution in [0.5, 0.6) is 0 Å². The van der Waals surface area contributed by atoms with E-state index in [1.807, 2.05) is 0 Å². The molecule has 2 bridgehead atoms. The Labute approximate surface area is 173 Å². The summed E-state index contributed by atoms with van der Waals surface area (Å²) in [5.74, 6) is -0.633. The highest BCUT2D eigenvalue weighted by atomic mass is 16.5. The molecule has 2 N–H and O–H groups in total. The Kier molecular flexibility index (Phi) is 4.92. The van der Waals surface area contributed by atoms with E-state index in [9.17, 15) is 14.7 Å². The van der Waals surface area contributed by atoms with E-state index in [0.29, 0.717) is 18.4 Å². The quantitative estimate of drug-likeness (QED) is 0.526. The minimum Gasteiger partial charge on any atom is -0.481 e. The summed E-state index contributed by atoms with van der Waals surface area (Å²) in [4.78, 5) is 22.8. The van der Waals surface area contributed by atoms with E-state index in [-0.39, 0.29) is 40.6 Å². The van der Waals surface area contributed by atoms with Crippen molar-refractivity contribution in [1.29, 1.82) is 0 Å². The summed E-state index contributed by atoms with van der Waals surface area (Å²) in [5.41, 5.74) is 0.111. The fourth-order valence-electron chi connectivity index (χ4n) is 7.86. The van der Waals surface area contributed by atoms with Gasteiger partial charge in [-0.15, -0.1) is 0 Å². The number of ether oxygens (including phenoxy) is 1. The lowest BCUT2D eigenvalue weighted by Crippen LogP contribution is -2.62. The SMILES string of the molecule is C[C@@]12C=C[C@@]3(C1)[C@H](CC2)[C@]1(C)CCC[C@](C)(COC(=O)CCC(=O)O)[C@H]1C[C@@H]3O. The van der Waals surface area contributed by atoms with Gasteiger partial charge in [-0.2, -0.15) is 0 Å². The first-order valence-corrected chi connectivity index (χ1v) is 11.3. The number of aliphatic hydroxyl groups excluding tert-OH is 1. The number of fused-ring (bicyclic) bond motifs is 3. The van der Waals surface area contributed by atoms with Gasteiger partial charge in [0.2, 0.25) is 0 Å². The summed E-state index contributed by atoms with van der Waals surface area (Å²) in [5, 5.41) is 20.2. The molecule has 4 aliphatic carbocycles. The molecular weight excluding hydrogens is 368 g/mol. The van der Waals surface area contributed by atoms with Crippen molar-refractivity contribution in [3.05, 3.63) is 12.2 Å². The fraction of sp³-hybridized carbons (Fsp3) is 0.833. The van der Waals surface area contributed by atoms with Crippen LogP contribution < -0.4 is 0 Å². The van der Waals surface area contributed by atoms with Crippen LogP contribution in [0.15, 0.2) is 12.2 Å². The van der Waals surface area contributed by atoms with Crippen molar-refractivity contribution in [3.8, 4) is 0 Å². The van der Waals surface area contributed by atoms with Gasteiger partial charge in [-0.3, -0.25) is 9.59 Å². The van der Waals surface area contributed by atoms with Gasteiger partial charge in [0.25, 0.3) is 0 Å². The van der Waals surface area contributed by atoms with E-state index in [2.05, 4.69) is 32.9 Å². The molecule has 0 aromatic rings. The smallest absolute Gasteiger partial charge is 0.306 e. The molecular formula is C24H36O5. The Bertz CT molecular complexity index is 731. The van der Waals surface area contributed by atoms with Crippen LogP contribution in [0, 0.1) is 33.5 Å². The van der Waals surface area contributed by atoms with Gasteiger partial charge in [0.05, 0.1) is 25.6 Å². The van der Waals surface area contributed by atoms with Crippen molar-refractivity contribution >= 4 is 11.9 Å². The lowest BCUT2D eigenvalue weighted by atomic mass is 9.39. The number of allylic oxidation sites excluding steroid dienone is 1. The van der Waals surface area contributed by atoms with Crippen LogP contribution in [-0.2, 0) is 14.3 Å². The molecule has 0 amide bonds. The van der Waals surface area contributed by atoms with Crippen LogP contribution in [0.1, 0.15) is 78.6 Å². The molecule has 0 aromatic carbocycles. The largest absolute Gasteiger partial charge is 0.481 e. The number of aliphatic carboxylic acids is 1. The van der Waals surface area contributed by atoms with E-state index in [4.69, 9.17) is 9.84 Å². The Morgan fingerprint density at radius 2 is 1.83 bits per heavy atom. The van der Waals surface area contributed by atoms with Crippen LogP contribution in [-0.4, -0.2) is 34.9 Å². The number of hydrogen-bond acceptors (Lipinski definition) is 4. The normalized spacial score (nSPS) is 47.9. The maximum Gasteiger partial charge on any atom is 0.306 e. The first kappa shape index (κ1) is 20.9. The molecule has 0 aromatic heterocycles. The third-order valence-electron chi connectivity index (χ3n) is 9.24. The third-order valence-corrected chi connectivity index (χ3v) is 9.24. The number of esters is 1. The van der Waals surface area contributed by atoms with Gasteiger partial charge < -0.3 is 14.9 Å². The monoisotopic (exact) mass is 404 g/mol. The summed E-state index contributed by atoms with van der Waals surface area (Å²) in [7, 11) is 0. The molecule has 0 aliphatic heterocycles. The molecule has 3 saturated carbocycles. The number of carboxylic acid groups (broad SMARTS) is 1. The van der Waals surface area contributed by atoms with Crippen LogP contribution in [0.3, 0.4) is 0 Å². The van der Waals surface area contributed by atoms with Crippen LogP contribution in [0.25, 0.3) is 0 Å². The van der Waals surface area contributed by atoms with Crippen LogP contribution in [0.4, 0.5) is 0 Å². The van der Waals surface area contributed by atoms with E-state index in [1.165, 1.54) is 12.8 Å². The molecule has 0 saturated heterocycles. The number of carbonyl (C=O) groups is 2. The second kappa shape index (κ2) is 6.83. The fourth-order valence-corrected chi connectivity index (χ4v) is 7.86. The standard InChI is InChI=1S/C24H36O5/c1-21-10-7-16-23(3)9-4-8-22(2,15-29-20(28)6-5-19(26)27)17(23)13-18(25)24(16,14-21)12-11-21/h11-12,16-18,25H,4-10,13-15H2,1-3H3,(H,26,27)/t16-,17-,18+,21-,22-,23+,24-/m1/s1. The van der Waals surface area contributed by atoms with Gasteiger partial charge in [-0.25, -0.2) is 0 Å². The number of carbonyl (C=O) groups excluding carboxylic acids is 1. The van der Waals surface area contributed by atoms with E-state index >= 15 is 0 Å². The number of carboxylic acids is 1. The van der Waals surface area contributed by atoms with Gasteiger partial charge in [0, 0.05) is 10.8 Å². The number of aliphatic hydroxyl groups is 1. The van der Waals surface area contributed by atoms with Crippen molar-refractivity contribution < 1.29 is 24.5 Å². The van der Waals surface area contributed by atoms with Crippen LogP contribution >= 0.6 is 0 Å². The first-order valence-electron chi connectivity index (χ1n) is 11.3. The van der Waals surface area contributed by atoms with Crippen molar-refractivity contribution in [2.75, 3.05) is 6.61 Å². The van der Waals surface area contributed by atoms with E-state index in [1.54, 1.807) is 0 Å². The molecule has 5 heteroatoms. The van der Waals surface area contributed by atoms with Crippen LogP contribution in [0.2, 0.25) is 0 Å². The van der Waals surface area contributed by atoms with Crippen molar-refractivity contribution in [2.24, 2.45) is 33.5 Å². The van der Waals surface area contributed by atoms with E-state index in [0.717, 1.165) is 32.1 Å². The Balaban J connectivity index is 1.55. The second-order valence-electron chi connectivity index (χ2n) is 11.2. The van der Waals surface area contributed by atoms with Gasteiger partial charge >= 0.3 is 11.9 Å². The van der Waals surface area contributed by atoms with Gasteiger partial charge in [0.1, 0.15) is 0 Å². The predicted molar refractivity (Wildman–Crippen MR) is 109 cm³/mol. The summed E-state index contributed by atoms with van der Waals surface area (Å²) in [6.45, 7) is 7.29. The molecule has 3 fully saturated rings. The topological polar surface area (TPSA) is 83.8 Å². The Hall–Kier alpha value is -1.36. The van der Waals surface area contributed by atoms with Gasteiger partial charge in [-0.1, -0.05) is 39.3 Å². The minimum atomic E-state index is -0.979. The highest BCUT2D eigenvalue weighted by molar-refractivity contribution is 5.76. The van der Waals surface area contributed by atoms with Gasteiger partial charge in [0.15, 0.2) is 0 Å². The summed E-state index contributed by atoms with van der Waals surface area (Å²) in [6, 6.07) is 0. The zero-order valence-corrected chi connectivity index (χ0v) is 18.1. The molecule has 1 spiro atoms. The average Bonchev–Trinajstić information content (AvgIpc) is 2.92. The molecule has 0 heterocycles. The number of hydrogen-bond donors (Lipinski definition) is 2. The Morgan fingerprint density at radius 3 is 2.55 bits per heavy atom. The lowest BCUT2D eigenvalue weighted by molar-refractivity contribution is -0.203. The second-order valence-corrected chi connectivity index (χ2v) is 11.2. The molecule has 29 heavy (non-hydrogen) atoms. The van der Waals surface area contributed by atoms with E-state index < -0.39 is 11.9 Å². The molecule has 0 unspecified atom stereocenters. The molecule has 162 valence electrons. The molecule has 4 aliphatic rings. The average molecular weight is 405 g/mol. The summed E-state index contributed by atoms with van der Waals surface area (Å²) < 4.78 is 5.58. The lowest BCUT2D eigenvalue weighted by Gasteiger charge is -2.66. The molecule has 0 radical (unpaired) electrons. The molecule has 4 rings (SSSR count). The highest BCUT2D eigenvalue weighted by Crippen LogP contribution is 2.71. The Morgan fingerprint density at radius 1 is 1.07 bits per heavy atom. The van der Waals surface area contributed by atoms with Crippen molar-refractivity contribution in [2.45, 2.75) is 84.7 Å².